The van der Waals surface area contributed by atoms with Crippen molar-refractivity contribution in [1.29, 1.82) is 0 Å². The average Bonchev–Trinajstić information content (AvgIpc) is 3.35. The number of aliphatic imine (C=N–C) groups is 1. The quantitative estimate of drug-likeness (QED) is 0.368. The van der Waals surface area contributed by atoms with Crippen LogP contribution in [0.15, 0.2) is 34.8 Å². The molecule has 0 fully saturated rings. The molecule has 10 heteroatoms. The van der Waals surface area contributed by atoms with E-state index in [0.717, 1.165) is 42.3 Å². The molecule has 0 radical (unpaired) electrons. The number of carbonyl (C=O) groups excluding carboxylic acids is 2. The molecule has 7 N–H and O–H groups in total. The number of nitrogens with one attached hydrogen (secondary N) is 2. The lowest BCUT2D eigenvalue weighted by atomic mass is 10.1. The molecule has 36 heavy (non-hydrogen) atoms. The average molecular weight is 513 g/mol. The highest BCUT2D eigenvalue weighted by Crippen LogP contribution is 2.36. The monoisotopic (exact) mass is 512 g/mol. The number of carbonyl (C=O) groups is 2. The van der Waals surface area contributed by atoms with Crippen LogP contribution in [0.2, 0.25) is 0 Å². The van der Waals surface area contributed by atoms with Crippen LogP contribution >= 0.6 is 11.3 Å². The number of benzene rings is 1. The Morgan fingerprint density at radius 3 is 2.67 bits per heavy atom. The number of thiophene rings is 1. The van der Waals surface area contributed by atoms with Crippen LogP contribution in [0.3, 0.4) is 0 Å². The van der Waals surface area contributed by atoms with Crippen molar-refractivity contribution in [3.63, 3.8) is 0 Å². The number of aliphatic hydroxyl groups excluding tert-OH is 1. The molecule has 2 aliphatic heterocycles. The van der Waals surface area contributed by atoms with Crippen LogP contribution in [0, 0.1) is 0 Å². The summed E-state index contributed by atoms with van der Waals surface area (Å²) in [4.78, 5) is 33.4. The standard InChI is InChI=1S/C24H30N6O2S.C2H6O/c1-2-7-27-24(32)16-9-21-20(29-22(26)10-16)11-19(33-21)14-30-12-15-3-4-18(8-17(15)13-30)28-23(31)5-6-25;1-2-3/h3-4,8-9,11H,2,5-7,10,12-14,25H2,1H3,(H2,26,29)(H,27,32)(H,28,31);3H,2H2,1H3. The normalized spacial score (nSPS) is 14.4. The second kappa shape index (κ2) is 13.3. The third-order valence-corrected chi connectivity index (χ3v) is 6.64. The largest absolute Gasteiger partial charge is 0.397 e. The zero-order chi connectivity index (χ0) is 26.1. The fraction of sp³-hybridized carbons (Fsp3) is 0.423. The fourth-order valence-corrected chi connectivity index (χ4v) is 5.15. The molecular formula is C26H36N6O3S. The van der Waals surface area contributed by atoms with Crippen molar-refractivity contribution in [3.05, 3.63) is 50.7 Å². The van der Waals surface area contributed by atoms with Gasteiger partial charge in [-0.1, -0.05) is 13.0 Å². The Hall–Kier alpha value is -3.05. The van der Waals surface area contributed by atoms with Gasteiger partial charge in [-0.15, -0.1) is 11.3 Å². The number of fused-ring (bicyclic) bond motifs is 2. The maximum atomic E-state index is 12.5. The van der Waals surface area contributed by atoms with E-state index in [4.69, 9.17) is 16.6 Å². The van der Waals surface area contributed by atoms with Crippen molar-refractivity contribution in [2.75, 3.05) is 25.0 Å². The molecule has 0 aliphatic carbocycles. The van der Waals surface area contributed by atoms with Crippen molar-refractivity contribution in [2.24, 2.45) is 16.5 Å². The Balaban J connectivity index is 0.00000115. The topological polar surface area (TPSA) is 146 Å². The van der Waals surface area contributed by atoms with Gasteiger partial charge in [0.05, 0.1) is 10.6 Å². The molecule has 0 bridgehead atoms. The van der Waals surface area contributed by atoms with Crippen molar-refractivity contribution < 1.29 is 14.7 Å². The lowest BCUT2D eigenvalue weighted by Crippen LogP contribution is -2.27. The molecule has 0 saturated heterocycles. The van der Waals surface area contributed by atoms with E-state index in [-0.39, 0.29) is 18.4 Å². The number of hydrogen-bond donors (Lipinski definition) is 5. The first-order valence-electron chi connectivity index (χ1n) is 12.3. The number of hydrogen-bond acceptors (Lipinski definition) is 8. The van der Waals surface area contributed by atoms with Crippen LogP contribution in [0.25, 0.3) is 6.08 Å². The molecule has 0 saturated carbocycles. The van der Waals surface area contributed by atoms with Gasteiger partial charge in [0.2, 0.25) is 11.8 Å². The second-order valence-electron chi connectivity index (χ2n) is 8.70. The third kappa shape index (κ3) is 7.47. The van der Waals surface area contributed by atoms with Gasteiger partial charge in [-0.05, 0) is 48.7 Å². The van der Waals surface area contributed by atoms with Crippen molar-refractivity contribution in [2.45, 2.75) is 52.7 Å². The van der Waals surface area contributed by atoms with Crippen molar-refractivity contribution in [3.8, 4) is 0 Å². The Morgan fingerprint density at radius 2 is 1.94 bits per heavy atom. The van der Waals surface area contributed by atoms with E-state index in [1.165, 1.54) is 16.0 Å². The SMILES string of the molecule is CCCNC(=O)C1=Cc2sc(CN3Cc4ccc(NC(=O)CCN)cc4C3)cc2N=C(N)C1.CCO. The highest BCUT2D eigenvalue weighted by Gasteiger charge is 2.22. The van der Waals surface area contributed by atoms with Crippen LogP contribution in [0.4, 0.5) is 11.4 Å². The molecule has 9 nitrogen and oxygen atoms in total. The third-order valence-electron chi connectivity index (χ3n) is 5.59. The molecular weight excluding hydrogens is 476 g/mol. The summed E-state index contributed by atoms with van der Waals surface area (Å²) in [5.74, 6) is 0.305. The van der Waals surface area contributed by atoms with Crippen molar-refractivity contribution >= 4 is 46.4 Å². The predicted octanol–water partition coefficient (Wildman–Crippen LogP) is 2.85. The molecule has 2 aliphatic rings. The number of aliphatic hydroxyl groups is 1. The molecule has 3 heterocycles. The van der Waals surface area contributed by atoms with E-state index in [0.29, 0.717) is 37.3 Å². The summed E-state index contributed by atoms with van der Waals surface area (Å²) in [6.45, 7) is 7.37. The fourth-order valence-electron chi connectivity index (χ4n) is 4.04. The van der Waals surface area contributed by atoms with E-state index in [9.17, 15) is 9.59 Å². The Labute approximate surface area is 216 Å². The highest BCUT2D eigenvalue weighted by atomic mass is 32.1. The minimum atomic E-state index is -0.0813. The minimum absolute atomic E-state index is 0.0667. The summed E-state index contributed by atoms with van der Waals surface area (Å²) < 4.78 is 0. The number of rotatable bonds is 8. The lowest BCUT2D eigenvalue weighted by molar-refractivity contribution is -0.117. The van der Waals surface area contributed by atoms with Gasteiger partial charge in [0, 0.05) is 68.3 Å². The molecule has 1 aromatic heterocycles. The Kier molecular flexibility index (Phi) is 10.2. The molecule has 2 aromatic rings. The molecule has 0 unspecified atom stereocenters. The molecule has 194 valence electrons. The summed E-state index contributed by atoms with van der Waals surface area (Å²) in [6, 6.07) is 8.13. The van der Waals surface area contributed by atoms with Crippen LogP contribution in [-0.4, -0.2) is 47.4 Å². The first-order chi connectivity index (χ1) is 17.4. The number of anilines is 1. The van der Waals surface area contributed by atoms with Gasteiger partial charge < -0.3 is 27.2 Å². The molecule has 4 rings (SSSR count). The van der Waals surface area contributed by atoms with E-state index in [1.54, 1.807) is 18.3 Å². The minimum Gasteiger partial charge on any atom is -0.397 e. The Morgan fingerprint density at radius 1 is 1.19 bits per heavy atom. The van der Waals surface area contributed by atoms with Gasteiger partial charge in [0.15, 0.2) is 0 Å². The van der Waals surface area contributed by atoms with E-state index >= 15 is 0 Å². The lowest BCUT2D eigenvalue weighted by Gasteiger charge is -2.13. The first kappa shape index (κ1) is 27.5. The second-order valence-corrected chi connectivity index (χ2v) is 9.87. The summed E-state index contributed by atoms with van der Waals surface area (Å²) in [5.41, 5.74) is 16.3. The molecule has 2 amide bonds. The van der Waals surface area contributed by atoms with Crippen molar-refractivity contribution in [1.82, 2.24) is 10.2 Å². The van der Waals surface area contributed by atoms with E-state index < -0.39 is 0 Å². The van der Waals surface area contributed by atoms with Crippen LogP contribution in [-0.2, 0) is 29.2 Å². The summed E-state index contributed by atoms with van der Waals surface area (Å²) in [7, 11) is 0. The van der Waals surface area contributed by atoms with Crippen LogP contribution in [0.5, 0.6) is 0 Å². The maximum absolute atomic E-state index is 12.5. The zero-order valence-electron chi connectivity index (χ0n) is 21.0. The Bertz CT molecular complexity index is 1140. The van der Waals surface area contributed by atoms with Gasteiger partial charge in [-0.3, -0.25) is 14.5 Å². The molecule has 1 aromatic carbocycles. The van der Waals surface area contributed by atoms with Crippen LogP contribution < -0.4 is 22.1 Å². The smallest absolute Gasteiger partial charge is 0.247 e. The highest BCUT2D eigenvalue weighted by molar-refractivity contribution is 7.13. The van der Waals surface area contributed by atoms with Gasteiger partial charge in [0.1, 0.15) is 5.84 Å². The van der Waals surface area contributed by atoms with E-state index in [2.05, 4.69) is 32.7 Å². The number of nitrogens with zero attached hydrogens (tertiary/aromatic N) is 2. The molecule has 0 spiro atoms. The predicted molar refractivity (Wildman–Crippen MR) is 146 cm³/mol. The van der Waals surface area contributed by atoms with Gasteiger partial charge in [0.25, 0.3) is 0 Å². The number of nitrogens with two attached hydrogens (primary N) is 2. The van der Waals surface area contributed by atoms with Gasteiger partial charge in [-0.25, -0.2) is 4.99 Å². The van der Waals surface area contributed by atoms with Gasteiger partial charge in [-0.2, -0.15) is 0 Å². The zero-order valence-corrected chi connectivity index (χ0v) is 21.8. The number of amides is 2. The van der Waals surface area contributed by atoms with Crippen LogP contribution in [0.1, 0.15) is 54.0 Å². The maximum Gasteiger partial charge on any atom is 0.247 e. The summed E-state index contributed by atoms with van der Waals surface area (Å²) in [6.07, 6.45) is 3.48. The van der Waals surface area contributed by atoms with Gasteiger partial charge >= 0.3 is 0 Å². The number of amidine groups is 1. The first-order valence-corrected chi connectivity index (χ1v) is 13.1. The molecule has 0 atom stereocenters. The summed E-state index contributed by atoms with van der Waals surface area (Å²) in [5, 5.41) is 13.4. The summed E-state index contributed by atoms with van der Waals surface area (Å²) >= 11 is 1.65. The van der Waals surface area contributed by atoms with E-state index in [1.807, 2.05) is 25.1 Å².